The fraction of sp³-hybridized carbons (Fsp3) is 0.458. The first-order valence-electron chi connectivity index (χ1n) is 10.3. The second-order valence-electron chi connectivity index (χ2n) is 7.18. The molecule has 6 nitrogen and oxygen atoms in total. The monoisotopic (exact) mass is 415 g/mol. The van der Waals surface area contributed by atoms with Crippen molar-refractivity contribution in [2.75, 3.05) is 13.7 Å². The lowest BCUT2D eigenvalue weighted by Crippen LogP contribution is -2.53. The van der Waals surface area contributed by atoms with Gasteiger partial charge in [0.2, 0.25) is 0 Å². The molecule has 0 fully saturated rings. The predicted molar refractivity (Wildman–Crippen MR) is 116 cm³/mol. The molecule has 0 aromatic heterocycles. The molecule has 0 heterocycles. The van der Waals surface area contributed by atoms with E-state index < -0.39 is 24.3 Å². The number of hydrogen-bond acceptors (Lipinski definition) is 6. The first-order chi connectivity index (χ1) is 14.5. The van der Waals surface area contributed by atoms with Crippen LogP contribution >= 0.6 is 0 Å². The number of hydrogen-bond donors (Lipinski definition) is 1. The van der Waals surface area contributed by atoms with Crippen molar-refractivity contribution in [1.82, 2.24) is 0 Å². The molecule has 2 rings (SSSR count). The molecule has 4 atom stereocenters. The standard InChI is InChI=1S/C24H33NO5/c1-4-21(25)23(29-16-20-13-9-6-10-14-20)24(30-18(2)26)22(27-3)17-28-15-19-11-7-5-8-12-19/h5-14,21-24H,4,15-17,25H2,1-3H3/t21-,22?,23?,24?/m1/s1. The van der Waals surface area contributed by atoms with Gasteiger partial charge in [-0.25, -0.2) is 0 Å². The van der Waals surface area contributed by atoms with E-state index in [1.165, 1.54) is 6.92 Å². The summed E-state index contributed by atoms with van der Waals surface area (Å²) in [4.78, 5) is 11.8. The van der Waals surface area contributed by atoms with Crippen molar-refractivity contribution in [2.45, 2.75) is 57.8 Å². The number of carbonyl (C=O) groups excluding carboxylic acids is 1. The van der Waals surface area contributed by atoms with Gasteiger partial charge in [-0.2, -0.15) is 0 Å². The van der Waals surface area contributed by atoms with E-state index in [0.29, 0.717) is 19.6 Å². The lowest BCUT2D eigenvalue weighted by molar-refractivity contribution is -0.178. The third-order valence-corrected chi connectivity index (χ3v) is 4.87. The average molecular weight is 416 g/mol. The first kappa shape index (κ1) is 24.0. The van der Waals surface area contributed by atoms with E-state index in [9.17, 15) is 4.79 Å². The highest BCUT2D eigenvalue weighted by atomic mass is 16.6. The number of nitrogens with two attached hydrogens (primary N) is 1. The summed E-state index contributed by atoms with van der Waals surface area (Å²) >= 11 is 0. The molecule has 0 aliphatic carbocycles. The van der Waals surface area contributed by atoms with Gasteiger partial charge in [-0.05, 0) is 17.5 Å². The molecule has 0 saturated carbocycles. The predicted octanol–water partition coefficient (Wildman–Crippen LogP) is 3.47. The fourth-order valence-electron chi connectivity index (χ4n) is 3.17. The molecule has 0 spiro atoms. The van der Waals surface area contributed by atoms with Gasteiger partial charge in [0, 0.05) is 20.1 Å². The quantitative estimate of drug-likeness (QED) is 0.505. The molecule has 2 N–H and O–H groups in total. The van der Waals surface area contributed by atoms with E-state index in [4.69, 9.17) is 24.7 Å². The van der Waals surface area contributed by atoms with Crippen LogP contribution in [0.15, 0.2) is 60.7 Å². The van der Waals surface area contributed by atoms with Crippen LogP contribution in [0.1, 0.15) is 31.4 Å². The summed E-state index contributed by atoms with van der Waals surface area (Å²) in [5, 5.41) is 0. The summed E-state index contributed by atoms with van der Waals surface area (Å²) in [7, 11) is 1.57. The molecule has 0 radical (unpaired) electrons. The molecule has 2 aromatic rings. The molecule has 0 amide bonds. The van der Waals surface area contributed by atoms with Crippen LogP contribution in [0.5, 0.6) is 0 Å². The van der Waals surface area contributed by atoms with Crippen LogP contribution in [-0.4, -0.2) is 44.0 Å². The molecular weight excluding hydrogens is 382 g/mol. The highest BCUT2D eigenvalue weighted by Gasteiger charge is 2.37. The molecular formula is C24H33NO5. The SMILES string of the molecule is CC[C@@H](N)C(OCc1ccccc1)C(OC(C)=O)C(COCc1ccccc1)OC. The molecule has 30 heavy (non-hydrogen) atoms. The zero-order valence-corrected chi connectivity index (χ0v) is 18.0. The minimum atomic E-state index is -0.693. The van der Waals surface area contributed by atoms with Gasteiger partial charge in [0.1, 0.15) is 12.2 Å². The van der Waals surface area contributed by atoms with Crippen molar-refractivity contribution in [1.29, 1.82) is 0 Å². The lowest BCUT2D eigenvalue weighted by atomic mass is 9.99. The van der Waals surface area contributed by atoms with Gasteiger partial charge in [0.15, 0.2) is 6.10 Å². The summed E-state index contributed by atoms with van der Waals surface area (Å²) in [6, 6.07) is 19.3. The first-order valence-corrected chi connectivity index (χ1v) is 10.3. The number of carbonyl (C=O) groups is 1. The normalized spacial score (nSPS) is 15.2. The maximum absolute atomic E-state index is 11.8. The lowest BCUT2D eigenvalue weighted by Gasteiger charge is -2.35. The van der Waals surface area contributed by atoms with Crippen molar-refractivity contribution in [3.05, 3.63) is 71.8 Å². The van der Waals surface area contributed by atoms with Crippen molar-refractivity contribution >= 4 is 5.97 Å². The van der Waals surface area contributed by atoms with Crippen LogP contribution in [0.3, 0.4) is 0 Å². The Labute approximate surface area is 179 Å². The van der Waals surface area contributed by atoms with Gasteiger partial charge in [0.05, 0.1) is 19.8 Å². The summed E-state index contributed by atoms with van der Waals surface area (Å²) < 4.78 is 23.3. The van der Waals surface area contributed by atoms with Crippen molar-refractivity contribution < 1.29 is 23.7 Å². The van der Waals surface area contributed by atoms with Gasteiger partial charge >= 0.3 is 5.97 Å². The van der Waals surface area contributed by atoms with Crippen LogP contribution in [0.2, 0.25) is 0 Å². The highest BCUT2D eigenvalue weighted by molar-refractivity contribution is 5.66. The van der Waals surface area contributed by atoms with Gasteiger partial charge in [0.25, 0.3) is 0 Å². The van der Waals surface area contributed by atoms with E-state index in [0.717, 1.165) is 11.1 Å². The number of esters is 1. The molecule has 6 heteroatoms. The zero-order chi connectivity index (χ0) is 21.8. The Morgan fingerprint density at radius 3 is 2.00 bits per heavy atom. The molecule has 0 saturated heterocycles. The zero-order valence-electron chi connectivity index (χ0n) is 18.0. The summed E-state index contributed by atoms with van der Waals surface area (Å²) in [5.74, 6) is -0.415. The Balaban J connectivity index is 2.10. The molecule has 2 aromatic carbocycles. The van der Waals surface area contributed by atoms with E-state index in [1.54, 1.807) is 7.11 Å². The van der Waals surface area contributed by atoms with Crippen LogP contribution in [-0.2, 0) is 37.0 Å². The molecule has 0 aliphatic heterocycles. The van der Waals surface area contributed by atoms with E-state index in [2.05, 4.69) is 0 Å². The Kier molecular flexibility index (Phi) is 10.5. The summed E-state index contributed by atoms with van der Waals surface area (Å²) in [5.41, 5.74) is 8.43. The van der Waals surface area contributed by atoms with E-state index >= 15 is 0 Å². The van der Waals surface area contributed by atoms with Crippen LogP contribution < -0.4 is 5.73 Å². The third kappa shape index (κ3) is 7.88. The second-order valence-corrected chi connectivity index (χ2v) is 7.18. The number of ether oxygens (including phenoxy) is 4. The van der Waals surface area contributed by atoms with Gasteiger partial charge in [-0.3, -0.25) is 4.79 Å². The largest absolute Gasteiger partial charge is 0.457 e. The fourth-order valence-corrected chi connectivity index (χ4v) is 3.17. The Hall–Kier alpha value is -2.25. The molecule has 164 valence electrons. The van der Waals surface area contributed by atoms with Crippen LogP contribution in [0.4, 0.5) is 0 Å². The number of rotatable bonds is 13. The van der Waals surface area contributed by atoms with E-state index in [1.807, 2.05) is 67.6 Å². The highest BCUT2D eigenvalue weighted by Crippen LogP contribution is 2.19. The van der Waals surface area contributed by atoms with Crippen molar-refractivity contribution in [3.8, 4) is 0 Å². The molecule has 0 bridgehead atoms. The number of benzene rings is 2. The third-order valence-electron chi connectivity index (χ3n) is 4.87. The van der Waals surface area contributed by atoms with Gasteiger partial charge in [-0.15, -0.1) is 0 Å². The number of methoxy groups -OCH3 is 1. The van der Waals surface area contributed by atoms with Crippen LogP contribution in [0, 0.1) is 0 Å². The Morgan fingerprint density at radius 1 is 0.933 bits per heavy atom. The average Bonchev–Trinajstić information content (AvgIpc) is 2.77. The topological polar surface area (TPSA) is 80.0 Å². The van der Waals surface area contributed by atoms with Gasteiger partial charge < -0.3 is 24.7 Å². The summed E-state index contributed by atoms with van der Waals surface area (Å²) in [6.45, 7) is 4.38. The van der Waals surface area contributed by atoms with Gasteiger partial charge in [-0.1, -0.05) is 67.6 Å². The molecule has 3 unspecified atom stereocenters. The van der Waals surface area contributed by atoms with Crippen molar-refractivity contribution in [2.24, 2.45) is 5.73 Å². The van der Waals surface area contributed by atoms with Crippen molar-refractivity contribution in [3.63, 3.8) is 0 Å². The Morgan fingerprint density at radius 2 is 1.50 bits per heavy atom. The maximum Gasteiger partial charge on any atom is 0.303 e. The second kappa shape index (κ2) is 13.1. The maximum atomic E-state index is 11.8. The van der Waals surface area contributed by atoms with Crippen LogP contribution in [0.25, 0.3) is 0 Å². The van der Waals surface area contributed by atoms with E-state index in [-0.39, 0.29) is 12.6 Å². The smallest absolute Gasteiger partial charge is 0.303 e. The molecule has 0 aliphatic rings. The minimum Gasteiger partial charge on any atom is -0.457 e. The minimum absolute atomic E-state index is 0.241. The summed E-state index contributed by atoms with van der Waals surface area (Å²) in [6.07, 6.45) is -1.08. The Bertz CT molecular complexity index is 725.